The minimum atomic E-state index is -0.523. The van der Waals surface area contributed by atoms with E-state index in [0.717, 1.165) is 11.0 Å². The maximum absolute atomic E-state index is 12.4. The molecular formula is C19H22BN3O4. The van der Waals surface area contributed by atoms with E-state index in [2.05, 4.69) is 15.5 Å². The van der Waals surface area contributed by atoms with E-state index in [4.69, 9.17) is 9.31 Å². The molecule has 8 heteroatoms. The standard InChI is InChI=1S/C19H22BN3O4/c1-12-6-7-14(22-17(25)16-8-13(11-24)10-21-23-16)9-15(12)20-26-18(2,3)19(4,5)27-20/h6-11H,1-5H3,(H,22,25). The summed E-state index contributed by atoms with van der Waals surface area (Å²) in [6.07, 6.45) is 1.92. The number of carbonyl (C=O) groups excluding carboxylic acids is 2. The number of benzene rings is 1. The van der Waals surface area contributed by atoms with Gasteiger partial charge in [-0.25, -0.2) is 0 Å². The zero-order valence-corrected chi connectivity index (χ0v) is 16.1. The Labute approximate surface area is 158 Å². The molecule has 1 fully saturated rings. The van der Waals surface area contributed by atoms with Gasteiger partial charge in [-0.15, -0.1) is 5.10 Å². The van der Waals surface area contributed by atoms with Crippen LogP contribution < -0.4 is 10.8 Å². The zero-order chi connectivity index (χ0) is 19.8. The van der Waals surface area contributed by atoms with Crippen LogP contribution in [0, 0.1) is 6.92 Å². The van der Waals surface area contributed by atoms with Gasteiger partial charge in [-0.1, -0.05) is 11.6 Å². The first-order valence-corrected chi connectivity index (χ1v) is 8.68. The van der Waals surface area contributed by atoms with E-state index in [1.165, 1.54) is 12.3 Å². The molecule has 1 saturated heterocycles. The van der Waals surface area contributed by atoms with Crippen molar-refractivity contribution >= 4 is 30.5 Å². The van der Waals surface area contributed by atoms with Crippen LogP contribution in [0.4, 0.5) is 5.69 Å². The third-order valence-electron chi connectivity index (χ3n) is 5.09. The number of hydrogen-bond donors (Lipinski definition) is 1. The summed E-state index contributed by atoms with van der Waals surface area (Å²) in [6.45, 7) is 9.93. The molecule has 7 nitrogen and oxygen atoms in total. The number of nitrogens with zero attached hydrogens (tertiary/aromatic N) is 2. The molecule has 1 amide bonds. The fourth-order valence-corrected chi connectivity index (χ4v) is 2.69. The normalized spacial score (nSPS) is 17.6. The smallest absolute Gasteiger partial charge is 0.399 e. The van der Waals surface area contributed by atoms with Gasteiger partial charge in [-0.05, 0) is 58.3 Å². The predicted molar refractivity (Wildman–Crippen MR) is 102 cm³/mol. The number of hydrogen-bond acceptors (Lipinski definition) is 6. The number of nitrogens with one attached hydrogen (secondary N) is 1. The van der Waals surface area contributed by atoms with Gasteiger partial charge in [0.25, 0.3) is 5.91 Å². The quantitative estimate of drug-likeness (QED) is 0.658. The molecule has 0 aliphatic carbocycles. The average Bonchev–Trinajstić information content (AvgIpc) is 2.84. The van der Waals surface area contributed by atoms with Gasteiger partial charge < -0.3 is 14.6 Å². The largest absolute Gasteiger partial charge is 0.495 e. The summed E-state index contributed by atoms with van der Waals surface area (Å²) in [6, 6.07) is 6.90. The van der Waals surface area contributed by atoms with Crippen LogP contribution in [0.1, 0.15) is 54.1 Å². The van der Waals surface area contributed by atoms with Gasteiger partial charge >= 0.3 is 7.12 Å². The topological polar surface area (TPSA) is 90.4 Å². The summed E-state index contributed by atoms with van der Waals surface area (Å²) in [5.41, 5.74) is 1.87. The van der Waals surface area contributed by atoms with Crippen molar-refractivity contribution in [2.45, 2.75) is 45.8 Å². The van der Waals surface area contributed by atoms with Crippen molar-refractivity contribution in [2.24, 2.45) is 0 Å². The SMILES string of the molecule is Cc1ccc(NC(=O)c2cc(C=O)cnn2)cc1B1OC(C)(C)C(C)(C)O1. The van der Waals surface area contributed by atoms with Crippen molar-refractivity contribution in [1.29, 1.82) is 0 Å². The Morgan fingerprint density at radius 1 is 1.15 bits per heavy atom. The Morgan fingerprint density at radius 3 is 2.44 bits per heavy atom. The van der Waals surface area contributed by atoms with Crippen molar-refractivity contribution in [3.05, 3.63) is 47.3 Å². The van der Waals surface area contributed by atoms with Crippen LogP contribution in [0.15, 0.2) is 30.5 Å². The second-order valence-corrected chi connectivity index (χ2v) is 7.61. The molecule has 0 unspecified atom stereocenters. The van der Waals surface area contributed by atoms with Crippen LogP contribution in [-0.4, -0.2) is 40.7 Å². The van der Waals surface area contributed by atoms with Crippen molar-refractivity contribution in [3.8, 4) is 0 Å². The highest BCUT2D eigenvalue weighted by Gasteiger charge is 2.52. The van der Waals surface area contributed by atoms with Gasteiger partial charge in [-0.3, -0.25) is 9.59 Å². The molecule has 27 heavy (non-hydrogen) atoms. The third kappa shape index (κ3) is 3.77. The van der Waals surface area contributed by atoms with Gasteiger partial charge in [0.1, 0.15) is 0 Å². The summed E-state index contributed by atoms with van der Waals surface area (Å²) in [7, 11) is -0.523. The highest BCUT2D eigenvalue weighted by Crippen LogP contribution is 2.36. The lowest BCUT2D eigenvalue weighted by atomic mass is 9.76. The molecular weight excluding hydrogens is 345 g/mol. The number of anilines is 1. The maximum Gasteiger partial charge on any atom is 0.495 e. The molecule has 140 valence electrons. The Balaban J connectivity index is 1.84. The second-order valence-electron chi connectivity index (χ2n) is 7.61. The molecule has 1 aliphatic heterocycles. The van der Waals surface area contributed by atoms with Crippen LogP contribution in [-0.2, 0) is 9.31 Å². The van der Waals surface area contributed by atoms with Crippen molar-refractivity contribution in [2.75, 3.05) is 5.32 Å². The Hall–Kier alpha value is -2.58. The number of rotatable bonds is 4. The first-order chi connectivity index (χ1) is 12.6. The number of amides is 1. The predicted octanol–water partition coefficient (Wildman–Crippen LogP) is 2.15. The molecule has 0 bridgehead atoms. The van der Waals surface area contributed by atoms with Gasteiger partial charge in [0.2, 0.25) is 0 Å². The minimum Gasteiger partial charge on any atom is -0.399 e. The lowest BCUT2D eigenvalue weighted by Crippen LogP contribution is -2.41. The van der Waals surface area contributed by atoms with Gasteiger partial charge in [-0.2, -0.15) is 5.10 Å². The molecule has 1 aromatic heterocycles. The fourth-order valence-electron chi connectivity index (χ4n) is 2.69. The number of carbonyl (C=O) groups is 2. The Morgan fingerprint density at radius 2 is 1.81 bits per heavy atom. The Kier molecular flexibility index (Phi) is 4.88. The minimum absolute atomic E-state index is 0.0670. The van der Waals surface area contributed by atoms with E-state index < -0.39 is 24.2 Å². The molecule has 2 aromatic rings. The molecule has 0 atom stereocenters. The van der Waals surface area contributed by atoms with Gasteiger partial charge in [0.15, 0.2) is 12.0 Å². The molecule has 0 spiro atoms. The highest BCUT2D eigenvalue weighted by molar-refractivity contribution is 6.62. The molecule has 2 heterocycles. The summed E-state index contributed by atoms with van der Waals surface area (Å²) in [5.74, 6) is -0.449. The lowest BCUT2D eigenvalue weighted by Gasteiger charge is -2.32. The van der Waals surface area contributed by atoms with Crippen molar-refractivity contribution in [3.63, 3.8) is 0 Å². The lowest BCUT2D eigenvalue weighted by molar-refractivity contribution is 0.00578. The van der Waals surface area contributed by atoms with Crippen LogP contribution >= 0.6 is 0 Å². The van der Waals surface area contributed by atoms with Crippen LogP contribution in [0.2, 0.25) is 0 Å². The van der Waals surface area contributed by atoms with Gasteiger partial charge in [0.05, 0.1) is 17.4 Å². The van der Waals surface area contributed by atoms with Crippen LogP contribution in [0.25, 0.3) is 0 Å². The molecule has 3 rings (SSSR count). The van der Waals surface area contributed by atoms with Crippen LogP contribution in [0.5, 0.6) is 0 Å². The second kappa shape index (κ2) is 6.86. The monoisotopic (exact) mass is 367 g/mol. The molecule has 0 radical (unpaired) electrons. The first kappa shape index (κ1) is 19.2. The number of aromatic nitrogens is 2. The van der Waals surface area contributed by atoms with E-state index >= 15 is 0 Å². The molecule has 1 aromatic carbocycles. The van der Waals surface area contributed by atoms with Gasteiger partial charge in [0, 0.05) is 11.3 Å². The summed E-state index contributed by atoms with van der Waals surface area (Å²) >= 11 is 0. The van der Waals surface area contributed by atoms with Crippen molar-refractivity contribution in [1.82, 2.24) is 10.2 Å². The zero-order valence-electron chi connectivity index (χ0n) is 16.1. The van der Waals surface area contributed by atoms with Crippen LogP contribution in [0.3, 0.4) is 0 Å². The summed E-state index contributed by atoms with van der Waals surface area (Å²) in [5, 5.41) is 10.2. The maximum atomic E-state index is 12.4. The van der Waals surface area contributed by atoms with E-state index in [1.807, 2.05) is 46.8 Å². The summed E-state index contributed by atoms with van der Waals surface area (Å²) in [4.78, 5) is 23.3. The number of aryl methyl sites for hydroxylation is 1. The highest BCUT2D eigenvalue weighted by atomic mass is 16.7. The van der Waals surface area contributed by atoms with Crippen molar-refractivity contribution < 1.29 is 18.9 Å². The van der Waals surface area contributed by atoms with E-state index in [0.29, 0.717) is 12.0 Å². The Bertz CT molecular complexity index is 882. The fraction of sp³-hybridized carbons (Fsp3) is 0.368. The molecule has 0 saturated carbocycles. The summed E-state index contributed by atoms with van der Waals surface area (Å²) < 4.78 is 12.2. The van der Waals surface area contributed by atoms with E-state index in [9.17, 15) is 9.59 Å². The van der Waals surface area contributed by atoms with E-state index in [1.54, 1.807) is 6.07 Å². The average molecular weight is 367 g/mol. The first-order valence-electron chi connectivity index (χ1n) is 8.68. The third-order valence-corrected chi connectivity index (χ3v) is 5.09. The number of aldehydes is 1. The molecule has 1 aliphatic rings. The van der Waals surface area contributed by atoms with E-state index in [-0.39, 0.29) is 11.3 Å². The molecule has 1 N–H and O–H groups in total.